The van der Waals surface area contributed by atoms with Crippen LogP contribution in [0.4, 0.5) is 0 Å². The first-order valence-corrected chi connectivity index (χ1v) is 5.38. The molecule has 2 heterocycles. The second-order valence-corrected chi connectivity index (χ2v) is 3.94. The summed E-state index contributed by atoms with van der Waals surface area (Å²) < 4.78 is 5.59. The molecule has 15 heavy (non-hydrogen) atoms. The van der Waals surface area contributed by atoms with E-state index in [1.54, 1.807) is 0 Å². The van der Waals surface area contributed by atoms with Gasteiger partial charge in [-0.25, -0.2) is 4.98 Å². The summed E-state index contributed by atoms with van der Waals surface area (Å²) >= 11 is 0. The van der Waals surface area contributed by atoms with E-state index in [-0.39, 0.29) is 0 Å². The quantitative estimate of drug-likeness (QED) is 0.833. The summed E-state index contributed by atoms with van der Waals surface area (Å²) in [7, 11) is 0. The number of rotatable bonds is 3. The monoisotopic (exact) mass is 203 g/mol. The molecule has 4 heteroatoms. The van der Waals surface area contributed by atoms with Crippen LogP contribution in [0.5, 0.6) is 0 Å². The van der Waals surface area contributed by atoms with Crippen molar-refractivity contribution in [1.29, 1.82) is 0 Å². The van der Waals surface area contributed by atoms with E-state index in [0.717, 1.165) is 23.8 Å². The van der Waals surface area contributed by atoms with Gasteiger partial charge in [-0.3, -0.25) is 5.10 Å². The lowest BCUT2D eigenvalue weighted by atomic mass is 10.3. The normalized spacial score (nSPS) is 15.8. The highest BCUT2D eigenvalue weighted by Gasteiger charge is 2.27. The number of furan rings is 1. The Kier molecular flexibility index (Phi) is 1.87. The molecule has 0 amide bonds. The Morgan fingerprint density at radius 1 is 1.47 bits per heavy atom. The van der Waals surface area contributed by atoms with Crippen LogP contribution in [0, 0.1) is 0 Å². The summed E-state index contributed by atoms with van der Waals surface area (Å²) in [5, 5.41) is 7.14. The van der Waals surface area contributed by atoms with Gasteiger partial charge in [0.1, 0.15) is 11.6 Å². The zero-order chi connectivity index (χ0) is 10.3. The molecule has 2 aromatic heterocycles. The number of aromatic amines is 1. The summed E-state index contributed by atoms with van der Waals surface area (Å²) in [6, 6.07) is 3.90. The predicted octanol–water partition coefficient (Wildman–Crippen LogP) is 2.50. The van der Waals surface area contributed by atoms with Gasteiger partial charge >= 0.3 is 0 Å². The van der Waals surface area contributed by atoms with Crippen LogP contribution in [-0.4, -0.2) is 15.2 Å². The molecule has 2 aromatic rings. The molecule has 1 saturated carbocycles. The van der Waals surface area contributed by atoms with Gasteiger partial charge in [-0.05, 0) is 25.0 Å². The minimum Gasteiger partial charge on any atom is -0.458 e. The third kappa shape index (κ3) is 1.56. The maximum atomic E-state index is 5.59. The van der Waals surface area contributed by atoms with Crippen molar-refractivity contribution >= 4 is 0 Å². The van der Waals surface area contributed by atoms with E-state index in [4.69, 9.17) is 4.42 Å². The molecule has 1 fully saturated rings. The topological polar surface area (TPSA) is 54.7 Å². The van der Waals surface area contributed by atoms with Gasteiger partial charge in [-0.1, -0.05) is 6.92 Å². The number of hydrogen-bond acceptors (Lipinski definition) is 3. The molecular weight excluding hydrogens is 190 g/mol. The molecule has 3 rings (SSSR count). The van der Waals surface area contributed by atoms with E-state index in [1.165, 1.54) is 12.8 Å². The van der Waals surface area contributed by atoms with Crippen LogP contribution in [0.15, 0.2) is 16.5 Å². The van der Waals surface area contributed by atoms with Gasteiger partial charge in [0.15, 0.2) is 5.76 Å². The minimum absolute atomic E-state index is 0.604. The molecule has 0 spiro atoms. The molecule has 0 saturated heterocycles. The number of nitrogens with one attached hydrogen (secondary N) is 1. The van der Waals surface area contributed by atoms with Gasteiger partial charge < -0.3 is 4.42 Å². The number of H-pyrrole nitrogens is 1. The average Bonchev–Trinajstić information content (AvgIpc) is 2.84. The predicted molar refractivity (Wildman–Crippen MR) is 55.4 cm³/mol. The fourth-order valence-corrected chi connectivity index (χ4v) is 1.61. The Morgan fingerprint density at radius 3 is 3.00 bits per heavy atom. The number of nitrogens with zero attached hydrogens (tertiary/aromatic N) is 2. The highest BCUT2D eigenvalue weighted by molar-refractivity contribution is 5.46. The van der Waals surface area contributed by atoms with E-state index < -0.39 is 0 Å². The van der Waals surface area contributed by atoms with E-state index in [0.29, 0.717) is 11.7 Å². The van der Waals surface area contributed by atoms with Gasteiger partial charge in [0.25, 0.3) is 0 Å². The van der Waals surface area contributed by atoms with Crippen molar-refractivity contribution in [2.24, 2.45) is 0 Å². The smallest absolute Gasteiger partial charge is 0.216 e. The third-order valence-corrected chi connectivity index (χ3v) is 2.70. The van der Waals surface area contributed by atoms with Gasteiger partial charge in [-0.2, -0.15) is 5.10 Å². The first-order chi connectivity index (χ1) is 7.36. The summed E-state index contributed by atoms with van der Waals surface area (Å²) in [6.45, 7) is 2.07. The van der Waals surface area contributed by atoms with E-state index >= 15 is 0 Å². The first kappa shape index (κ1) is 8.71. The Balaban J connectivity index is 1.90. The average molecular weight is 203 g/mol. The molecule has 4 nitrogen and oxygen atoms in total. The van der Waals surface area contributed by atoms with Gasteiger partial charge in [0, 0.05) is 12.3 Å². The summed E-state index contributed by atoms with van der Waals surface area (Å²) in [4.78, 5) is 4.43. The number of aromatic nitrogens is 3. The third-order valence-electron chi connectivity index (χ3n) is 2.70. The minimum atomic E-state index is 0.604. The van der Waals surface area contributed by atoms with Crippen molar-refractivity contribution in [3.63, 3.8) is 0 Å². The van der Waals surface area contributed by atoms with Crippen LogP contribution in [0.1, 0.15) is 37.3 Å². The molecule has 0 unspecified atom stereocenters. The Morgan fingerprint density at radius 2 is 2.33 bits per heavy atom. The van der Waals surface area contributed by atoms with Crippen LogP contribution in [0.25, 0.3) is 11.6 Å². The van der Waals surface area contributed by atoms with Crippen LogP contribution in [-0.2, 0) is 6.42 Å². The van der Waals surface area contributed by atoms with Crippen molar-refractivity contribution in [1.82, 2.24) is 15.2 Å². The largest absolute Gasteiger partial charge is 0.458 e. The van der Waals surface area contributed by atoms with Crippen molar-refractivity contribution in [2.75, 3.05) is 0 Å². The molecular formula is C11H13N3O. The first-order valence-electron chi connectivity index (χ1n) is 5.38. The van der Waals surface area contributed by atoms with Gasteiger partial charge in [-0.15, -0.1) is 0 Å². The molecule has 78 valence electrons. The van der Waals surface area contributed by atoms with Gasteiger partial charge in [0.2, 0.25) is 5.82 Å². The second-order valence-electron chi connectivity index (χ2n) is 3.94. The maximum Gasteiger partial charge on any atom is 0.216 e. The lowest BCUT2D eigenvalue weighted by molar-refractivity contribution is 0.526. The molecule has 0 radical (unpaired) electrons. The van der Waals surface area contributed by atoms with Crippen LogP contribution in [0.3, 0.4) is 0 Å². The van der Waals surface area contributed by atoms with Gasteiger partial charge in [0.05, 0.1) is 0 Å². The summed E-state index contributed by atoms with van der Waals surface area (Å²) in [6.07, 6.45) is 3.36. The van der Waals surface area contributed by atoms with Crippen molar-refractivity contribution in [3.8, 4) is 11.6 Å². The van der Waals surface area contributed by atoms with Crippen molar-refractivity contribution in [3.05, 3.63) is 23.7 Å². The fourth-order valence-electron chi connectivity index (χ4n) is 1.61. The lowest BCUT2D eigenvalue weighted by Gasteiger charge is -1.88. The highest BCUT2D eigenvalue weighted by Crippen LogP contribution is 2.38. The van der Waals surface area contributed by atoms with Crippen molar-refractivity contribution < 1.29 is 4.42 Å². The molecule has 0 bridgehead atoms. The molecule has 0 atom stereocenters. The number of hydrogen-bond donors (Lipinski definition) is 1. The lowest BCUT2D eigenvalue weighted by Crippen LogP contribution is -1.81. The summed E-state index contributed by atoms with van der Waals surface area (Å²) in [5.41, 5.74) is 0. The Bertz CT molecular complexity index is 468. The molecule has 1 N–H and O–H groups in total. The fraction of sp³-hybridized carbons (Fsp3) is 0.455. The van der Waals surface area contributed by atoms with Crippen molar-refractivity contribution in [2.45, 2.75) is 32.1 Å². The van der Waals surface area contributed by atoms with E-state index in [1.807, 2.05) is 12.1 Å². The zero-order valence-electron chi connectivity index (χ0n) is 8.66. The second kappa shape index (κ2) is 3.22. The van der Waals surface area contributed by atoms with Crippen LogP contribution in [0.2, 0.25) is 0 Å². The number of aryl methyl sites for hydroxylation is 1. The SMILES string of the molecule is CCc1ccc(-c2n[nH]c(C3CC3)n2)o1. The Labute approximate surface area is 87.7 Å². The zero-order valence-corrected chi connectivity index (χ0v) is 8.66. The molecule has 0 aliphatic heterocycles. The summed E-state index contributed by atoms with van der Waals surface area (Å²) in [5.74, 6) is 4.01. The molecule has 0 aromatic carbocycles. The molecule has 1 aliphatic rings. The van der Waals surface area contributed by atoms with E-state index in [9.17, 15) is 0 Å². The van der Waals surface area contributed by atoms with E-state index in [2.05, 4.69) is 22.1 Å². The van der Waals surface area contributed by atoms with Crippen LogP contribution >= 0.6 is 0 Å². The highest BCUT2D eigenvalue weighted by atomic mass is 16.3. The van der Waals surface area contributed by atoms with Crippen LogP contribution < -0.4 is 0 Å². The molecule has 1 aliphatic carbocycles. The maximum absolute atomic E-state index is 5.59. The standard InChI is InChI=1S/C11H13N3O/c1-2-8-5-6-9(15-8)11-12-10(13-14-11)7-3-4-7/h5-7H,2-4H2,1H3,(H,12,13,14). The Hall–Kier alpha value is -1.58.